The number of pyridine rings is 1. The summed E-state index contributed by atoms with van der Waals surface area (Å²) in [6.07, 6.45) is 3.33. The number of benzene rings is 1. The summed E-state index contributed by atoms with van der Waals surface area (Å²) in [4.78, 5) is 30.8. The molecule has 9 heteroatoms. The molecule has 0 atom stereocenters. The number of carbonyl (C=O) groups excluding carboxylic acids is 2. The van der Waals surface area contributed by atoms with Crippen molar-refractivity contribution in [2.45, 2.75) is 12.8 Å². The molecule has 1 aromatic heterocycles. The SMILES string of the molecule is COc1ccc(Cl)cc1NC(=O)C(=O)NCC1CCN(c2ncccc2C#N)CC1. The first-order valence-electron chi connectivity index (χ1n) is 9.54. The van der Waals surface area contributed by atoms with Crippen LogP contribution in [0.3, 0.4) is 0 Å². The number of ether oxygens (including phenoxy) is 1. The Morgan fingerprint density at radius 3 is 2.77 bits per heavy atom. The smallest absolute Gasteiger partial charge is 0.313 e. The van der Waals surface area contributed by atoms with Gasteiger partial charge < -0.3 is 20.3 Å². The maximum atomic E-state index is 12.2. The highest BCUT2D eigenvalue weighted by Gasteiger charge is 2.23. The number of nitrogens with zero attached hydrogens (tertiary/aromatic N) is 3. The summed E-state index contributed by atoms with van der Waals surface area (Å²) in [6.45, 7) is 1.87. The molecular weight excluding hydrogens is 406 g/mol. The number of amides is 2. The minimum atomic E-state index is -0.778. The second kappa shape index (κ2) is 9.94. The van der Waals surface area contributed by atoms with Gasteiger partial charge in [-0.25, -0.2) is 4.98 Å². The van der Waals surface area contributed by atoms with Gasteiger partial charge in [-0.15, -0.1) is 0 Å². The summed E-state index contributed by atoms with van der Waals surface area (Å²) >= 11 is 5.94. The lowest BCUT2D eigenvalue weighted by molar-refractivity contribution is -0.136. The number of methoxy groups -OCH3 is 1. The minimum Gasteiger partial charge on any atom is -0.495 e. The highest BCUT2D eigenvalue weighted by atomic mass is 35.5. The normalized spacial score (nSPS) is 14.0. The van der Waals surface area contributed by atoms with Gasteiger partial charge in [-0.3, -0.25) is 9.59 Å². The van der Waals surface area contributed by atoms with Crippen LogP contribution in [0.5, 0.6) is 5.75 Å². The highest BCUT2D eigenvalue weighted by molar-refractivity contribution is 6.40. The van der Waals surface area contributed by atoms with Gasteiger partial charge in [0.1, 0.15) is 17.6 Å². The molecule has 156 valence electrons. The Kier molecular flexibility index (Phi) is 7.09. The third kappa shape index (κ3) is 5.19. The zero-order valence-corrected chi connectivity index (χ0v) is 17.3. The number of nitriles is 1. The maximum Gasteiger partial charge on any atom is 0.313 e. The molecule has 0 aliphatic carbocycles. The van der Waals surface area contributed by atoms with Gasteiger partial charge in [0, 0.05) is 30.9 Å². The number of carbonyl (C=O) groups is 2. The molecule has 0 radical (unpaired) electrons. The van der Waals surface area contributed by atoms with E-state index >= 15 is 0 Å². The Balaban J connectivity index is 1.48. The summed E-state index contributed by atoms with van der Waals surface area (Å²) in [5.74, 6) is -0.138. The van der Waals surface area contributed by atoms with E-state index in [1.165, 1.54) is 13.2 Å². The van der Waals surface area contributed by atoms with Gasteiger partial charge in [0.25, 0.3) is 0 Å². The van der Waals surface area contributed by atoms with Gasteiger partial charge in [0.15, 0.2) is 0 Å². The second-order valence-electron chi connectivity index (χ2n) is 6.93. The van der Waals surface area contributed by atoms with E-state index in [4.69, 9.17) is 16.3 Å². The van der Waals surface area contributed by atoms with Gasteiger partial charge in [0.05, 0.1) is 18.4 Å². The fourth-order valence-corrected chi connectivity index (χ4v) is 3.53. The second-order valence-corrected chi connectivity index (χ2v) is 7.36. The quantitative estimate of drug-likeness (QED) is 0.710. The summed E-state index contributed by atoms with van der Waals surface area (Å²) in [5.41, 5.74) is 0.888. The molecule has 2 aromatic rings. The van der Waals surface area contributed by atoms with Gasteiger partial charge >= 0.3 is 11.8 Å². The predicted octanol–water partition coefficient (Wildman–Crippen LogP) is 2.59. The van der Waals surface area contributed by atoms with Crippen molar-refractivity contribution < 1.29 is 14.3 Å². The Morgan fingerprint density at radius 2 is 2.07 bits per heavy atom. The number of nitrogens with one attached hydrogen (secondary N) is 2. The molecule has 1 aliphatic rings. The lowest BCUT2D eigenvalue weighted by Crippen LogP contribution is -2.42. The Morgan fingerprint density at radius 1 is 1.30 bits per heavy atom. The highest BCUT2D eigenvalue weighted by Crippen LogP contribution is 2.27. The van der Waals surface area contributed by atoms with Crippen molar-refractivity contribution in [2.24, 2.45) is 5.92 Å². The van der Waals surface area contributed by atoms with Crippen LogP contribution in [0, 0.1) is 17.2 Å². The molecule has 0 saturated carbocycles. The van der Waals surface area contributed by atoms with Crippen molar-refractivity contribution >= 4 is 34.9 Å². The van der Waals surface area contributed by atoms with Crippen LogP contribution < -0.4 is 20.3 Å². The van der Waals surface area contributed by atoms with Crippen molar-refractivity contribution in [3.8, 4) is 11.8 Å². The molecule has 0 unspecified atom stereocenters. The van der Waals surface area contributed by atoms with Crippen LogP contribution in [0.4, 0.5) is 11.5 Å². The van der Waals surface area contributed by atoms with E-state index in [0.717, 1.165) is 25.9 Å². The molecule has 0 spiro atoms. The van der Waals surface area contributed by atoms with Gasteiger partial charge in [-0.05, 0) is 49.1 Å². The molecule has 3 rings (SSSR count). The number of halogens is 1. The van der Waals surface area contributed by atoms with Crippen molar-refractivity contribution in [1.29, 1.82) is 5.26 Å². The van der Waals surface area contributed by atoms with Crippen LogP contribution in [-0.2, 0) is 9.59 Å². The Labute approximate surface area is 179 Å². The van der Waals surface area contributed by atoms with Crippen LogP contribution in [0.15, 0.2) is 36.5 Å². The molecule has 30 heavy (non-hydrogen) atoms. The molecule has 8 nitrogen and oxygen atoms in total. The third-order valence-electron chi connectivity index (χ3n) is 4.99. The summed E-state index contributed by atoms with van der Waals surface area (Å²) in [6, 6.07) is 10.4. The molecule has 0 bridgehead atoms. The zero-order valence-electron chi connectivity index (χ0n) is 16.5. The number of hydrogen-bond acceptors (Lipinski definition) is 6. The molecule has 2 amide bonds. The van der Waals surface area contributed by atoms with E-state index in [-0.39, 0.29) is 5.92 Å². The van der Waals surface area contributed by atoms with Gasteiger partial charge in [-0.1, -0.05) is 11.6 Å². The predicted molar refractivity (Wildman–Crippen MR) is 114 cm³/mol. The topological polar surface area (TPSA) is 107 Å². The number of rotatable bonds is 5. The van der Waals surface area contributed by atoms with Crippen molar-refractivity contribution in [3.05, 3.63) is 47.1 Å². The molecule has 1 aliphatic heterocycles. The van der Waals surface area contributed by atoms with Crippen molar-refractivity contribution in [2.75, 3.05) is 37.0 Å². The number of anilines is 2. The molecule has 1 fully saturated rings. The largest absolute Gasteiger partial charge is 0.495 e. The van der Waals surface area contributed by atoms with E-state index in [1.807, 2.05) is 0 Å². The molecule has 1 saturated heterocycles. The Bertz CT molecular complexity index is 967. The maximum absolute atomic E-state index is 12.2. The standard InChI is InChI=1S/C21H22ClN5O3/c1-30-18-5-4-16(22)11-17(18)26-21(29)20(28)25-13-14-6-9-27(10-7-14)19-15(12-23)3-2-8-24-19/h2-5,8,11,14H,6-7,9-10,13H2,1H3,(H,25,28)(H,26,29). The van der Waals surface area contributed by atoms with E-state index in [2.05, 4.69) is 26.6 Å². The number of aromatic nitrogens is 1. The molecule has 2 N–H and O–H groups in total. The fourth-order valence-electron chi connectivity index (χ4n) is 3.36. The van der Waals surface area contributed by atoms with Crippen LogP contribution in [-0.4, -0.2) is 43.5 Å². The summed E-state index contributed by atoms with van der Waals surface area (Å²) in [5, 5.41) is 14.9. The first-order chi connectivity index (χ1) is 14.5. The van der Waals surface area contributed by atoms with Gasteiger partial charge in [0.2, 0.25) is 0 Å². The fraction of sp³-hybridized carbons (Fsp3) is 0.333. The zero-order chi connectivity index (χ0) is 21.5. The van der Waals surface area contributed by atoms with Crippen LogP contribution >= 0.6 is 11.6 Å². The van der Waals surface area contributed by atoms with Crippen LogP contribution in [0.25, 0.3) is 0 Å². The average molecular weight is 428 g/mol. The molecule has 1 aromatic carbocycles. The lowest BCUT2D eigenvalue weighted by atomic mass is 9.96. The minimum absolute atomic E-state index is 0.243. The van der Waals surface area contributed by atoms with E-state index in [9.17, 15) is 14.9 Å². The van der Waals surface area contributed by atoms with E-state index in [0.29, 0.717) is 34.4 Å². The van der Waals surface area contributed by atoms with E-state index in [1.54, 1.807) is 30.5 Å². The van der Waals surface area contributed by atoms with Crippen molar-refractivity contribution in [1.82, 2.24) is 10.3 Å². The lowest BCUT2D eigenvalue weighted by Gasteiger charge is -2.33. The molecular formula is C21H22ClN5O3. The summed E-state index contributed by atoms with van der Waals surface area (Å²) in [7, 11) is 1.47. The van der Waals surface area contributed by atoms with Crippen molar-refractivity contribution in [3.63, 3.8) is 0 Å². The van der Waals surface area contributed by atoms with E-state index < -0.39 is 11.8 Å². The monoisotopic (exact) mass is 427 g/mol. The first kappa shape index (κ1) is 21.4. The molecule has 2 heterocycles. The number of piperidine rings is 1. The third-order valence-corrected chi connectivity index (χ3v) is 5.22. The summed E-state index contributed by atoms with van der Waals surface area (Å²) < 4.78 is 5.16. The van der Waals surface area contributed by atoms with Crippen LogP contribution in [0.2, 0.25) is 5.02 Å². The van der Waals surface area contributed by atoms with Crippen LogP contribution in [0.1, 0.15) is 18.4 Å². The number of hydrogen-bond donors (Lipinski definition) is 2. The first-order valence-corrected chi connectivity index (χ1v) is 9.92. The average Bonchev–Trinajstić information content (AvgIpc) is 2.78. The van der Waals surface area contributed by atoms with Gasteiger partial charge in [-0.2, -0.15) is 5.26 Å². The Hall–Kier alpha value is -3.31.